The van der Waals surface area contributed by atoms with E-state index in [1.54, 1.807) is 0 Å². The summed E-state index contributed by atoms with van der Waals surface area (Å²) >= 11 is 0. The van der Waals surface area contributed by atoms with Crippen LogP contribution >= 0.6 is 0 Å². The first kappa shape index (κ1) is 33.6. The molecule has 6 aromatic rings. The summed E-state index contributed by atoms with van der Waals surface area (Å²) in [5, 5.41) is 15.6. The summed E-state index contributed by atoms with van der Waals surface area (Å²) in [7, 11) is 0. The topological polar surface area (TPSA) is 67.5 Å². The molecule has 0 spiro atoms. The Balaban J connectivity index is 0.000000239. The van der Waals surface area contributed by atoms with Gasteiger partial charge in [-0.25, -0.2) is 4.98 Å². The maximum absolute atomic E-state index is 11.7. The molecule has 0 unspecified atom stereocenters. The van der Waals surface area contributed by atoms with Gasteiger partial charge in [-0.3, -0.25) is 9.78 Å². The summed E-state index contributed by atoms with van der Waals surface area (Å²) in [6.07, 6.45) is 7.77. The van der Waals surface area contributed by atoms with Crippen molar-refractivity contribution in [2.24, 2.45) is 17.3 Å². The molecule has 0 atom stereocenters. The Kier molecular flexibility index (Phi) is 10.5. The molecule has 233 valence electrons. The molecule has 5 nitrogen and oxygen atoms in total. The van der Waals surface area contributed by atoms with E-state index >= 15 is 0 Å². The van der Waals surface area contributed by atoms with E-state index in [1.165, 1.54) is 27.8 Å². The van der Waals surface area contributed by atoms with E-state index in [4.69, 9.17) is 9.97 Å². The number of aromatic nitrogens is 3. The van der Waals surface area contributed by atoms with E-state index in [-0.39, 0.29) is 48.9 Å². The number of carbonyl (C=O) groups excluding carboxylic acids is 1. The van der Waals surface area contributed by atoms with Crippen molar-refractivity contribution >= 4 is 55.0 Å². The van der Waals surface area contributed by atoms with Crippen molar-refractivity contribution in [1.82, 2.24) is 14.4 Å². The molecule has 0 amide bonds. The maximum Gasteiger partial charge on any atom is 0.162 e. The van der Waals surface area contributed by atoms with Gasteiger partial charge in [-0.15, -0.1) is 23.6 Å². The number of imidazole rings is 1. The first-order valence-corrected chi connectivity index (χ1v) is 15.8. The van der Waals surface area contributed by atoms with E-state index in [0.29, 0.717) is 0 Å². The van der Waals surface area contributed by atoms with Crippen LogP contribution in [-0.2, 0) is 31.3 Å². The van der Waals surface area contributed by atoms with Crippen molar-refractivity contribution in [2.45, 2.75) is 80.6 Å². The van der Waals surface area contributed by atoms with Gasteiger partial charge in [0, 0.05) is 44.2 Å². The van der Waals surface area contributed by atoms with Crippen molar-refractivity contribution in [2.75, 3.05) is 0 Å². The molecule has 6 rings (SSSR count). The Morgan fingerprint density at radius 1 is 0.955 bits per heavy atom. The first-order valence-electron chi connectivity index (χ1n) is 15.8. The molecule has 3 aromatic heterocycles. The van der Waals surface area contributed by atoms with Crippen LogP contribution in [-0.4, -0.2) is 25.3 Å². The summed E-state index contributed by atoms with van der Waals surface area (Å²) in [6.45, 7) is 14.9. The van der Waals surface area contributed by atoms with Gasteiger partial charge in [0.15, 0.2) is 5.78 Å². The molecular formula is C38H44IrN3O2-. The molecule has 3 aromatic carbocycles. The fraction of sp³-hybridized carbons (Fsp3) is 0.395. The minimum atomic E-state index is 0. The van der Waals surface area contributed by atoms with E-state index in [1.807, 2.05) is 40.0 Å². The van der Waals surface area contributed by atoms with Gasteiger partial charge in [0.05, 0.1) is 22.4 Å². The van der Waals surface area contributed by atoms with Gasteiger partial charge in [0.2, 0.25) is 0 Å². The fourth-order valence-corrected chi connectivity index (χ4v) is 6.27. The molecule has 1 N–H and O–H groups in total. The number of ketones is 1. The second-order valence-corrected chi connectivity index (χ2v) is 13.0. The number of aliphatic hydroxyl groups excluding tert-OH is 1. The molecule has 0 aliphatic carbocycles. The summed E-state index contributed by atoms with van der Waals surface area (Å²) in [5.74, 6) is 0.547. The Hall–Kier alpha value is -3.34. The number of nitrogens with zero attached hydrogens (tertiary/aromatic N) is 3. The number of aliphatic hydroxyl groups is 1. The number of rotatable bonds is 8. The molecule has 0 saturated carbocycles. The van der Waals surface area contributed by atoms with Crippen LogP contribution < -0.4 is 0 Å². The Morgan fingerprint density at radius 2 is 1.64 bits per heavy atom. The zero-order valence-corrected chi connectivity index (χ0v) is 29.4. The number of allylic oxidation sites excluding steroid dienone is 2. The maximum atomic E-state index is 11.7. The number of fused-ring (bicyclic) bond motifs is 4. The molecule has 3 heterocycles. The van der Waals surface area contributed by atoms with Crippen LogP contribution in [0.25, 0.3) is 49.3 Å². The normalized spacial score (nSPS) is 12.5. The average Bonchev–Trinajstić information content (AvgIpc) is 3.35. The minimum Gasteiger partial charge on any atom is -0.512 e. The minimum absolute atomic E-state index is 0. The smallest absolute Gasteiger partial charge is 0.162 e. The van der Waals surface area contributed by atoms with Crippen molar-refractivity contribution in [3.8, 4) is 0 Å². The van der Waals surface area contributed by atoms with Gasteiger partial charge in [-0.2, -0.15) is 0 Å². The predicted octanol–water partition coefficient (Wildman–Crippen LogP) is 10.0. The van der Waals surface area contributed by atoms with Gasteiger partial charge < -0.3 is 9.51 Å². The van der Waals surface area contributed by atoms with Crippen LogP contribution in [0.3, 0.4) is 0 Å². The molecule has 0 bridgehead atoms. The number of benzene rings is 3. The molecule has 1 radical (unpaired) electrons. The third-order valence-electron chi connectivity index (χ3n) is 8.59. The van der Waals surface area contributed by atoms with Crippen LogP contribution in [0.15, 0.2) is 66.6 Å². The van der Waals surface area contributed by atoms with Gasteiger partial charge in [0.25, 0.3) is 0 Å². The van der Waals surface area contributed by atoms with E-state index in [2.05, 4.69) is 73.7 Å². The fourth-order valence-electron chi connectivity index (χ4n) is 6.27. The Labute approximate surface area is 274 Å². The summed E-state index contributed by atoms with van der Waals surface area (Å²) in [4.78, 5) is 21.4. The van der Waals surface area contributed by atoms with Crippen LogP contribution in [0, 0.1) is 23.3 Å². The average molecular weight is 767 g/mol. The van der Waals surface area contributed by atoms with Gasteiger partial charge in [0.1, 0.15) is 5.65 Å². The number of pyridine rings is 1. The third-order valence-corrected chi connectivity index (χ3v) is 8.59. The van der Waals surface area contributed by atoms with Crippen molar-refractivity contribution in [3.63, 3.8) is 0 Å². The van der Waals surface area contributed by atoms with Gasteiger partial charge in [-0.05, 0) is 60.6 Å². The van der Waals surface area contributed by atoms with Crippen molar-refractivity contribution in [3.05, 3.63) is 78.2 Å². The SMILES string of the molecule is CC(C)(C)Cc1cc2nc3ccnc4c5[c-]c6ccccc6cc5c(c1)c2n34.CCC(CC)C(=O)/C=C(\O)C(CC)CC.[Ir]. The van der Waals surface area contributed by atoms with Crippen LogP contribution in [0.5, 0.6) is 0 Å². The van der Waals surface area contributed by atoms with Crippen LogP contribution in [0.1, 0.15) is 79.7 Å². The quantitative estimate of drug-likeness (QED) is 0.0551. The first-order chi connectivity index (χ1) is 20.6. The zero-order chi connectivity index (χ0) is 30.9. The monoisotopic (exact) mass is 767 g/mol. The second-order valence-electron chi connectivity index (χ2n) is 13.0. The summed E-state index contributed by atoms with van der Waals surface area (Å²) in [5.41, 5.74) is 5.63. The Morgan fingerprint density at radius 3 is 2.30 bits per heavy atom. The number of hydrogen-bond acceptors (Lipinski definition) is 4. The molecule has 0 fully saturated rings. The standard InChI is InChI=1S/C25H20N3.C13H24O2.Ir/c1-25(2,3)14-15-10-19-18-12-16-6-4-5-7-17(16)13-20(18)24-26-9-8-22-27-21(11-15)23(19)28(22)24;1-5-10(6-2)12(14)9-13(15)11(7-3)8-4;/h4-12H,14H2,1-3H3;9-11,14H,5-8H2,1-4H3;/q-1;;/b;12-9-;. The Bertz CT molecular complexity index is 1920. The number of carbonyl (C=O) groups is 1. The van der Waals surface area contributed by atoms with Gasteiger partial charge in [-0.1, -0.05) is 88.9 Å². The van der Waals surface area contributed by atoms with E-state index in [9.17, 15) is 9.90 Å². The molecule has 0 saturated heterocycles. The predicted molar refractivity (Wildman–Crippen MR) is 180 cm³/mol. The second kappa shape index (κ2) is 13.7. The molecule has 0 aliphatic rings. The largest absolute Gasteiger partial charge is 0.512 e. The number of hydrogen-bond donors (Lipinski definition) is 1. The zero-order valence-electron chi connectivity index (χ0n) is 27.0. The summed E-state index contributed by atoms with van der Waals surface area (Å²) < 4.78 is 2.19. The molecule has 6 heteroatoms. The molecule has 0 aliphatic heterocycles. The van der Waals surface area contributed by atoms with E-state index < -0.39 is 0 Å². The third kappa shape index (κ3) is 6.67. The summed E-state index contributed by atoms with van der Waals surface area (Å²) in [6, 6.07) is 20.9. The van der Waals surface area contributed by atoms with Crippen molar-refractivity contribution in [1.29, 1.82) is 0 Å². The van der Waals surface area contributed by atoms with Crippen LogP contribution in [0.4, 0.5) is 0 Å². The van der Waals surface area contributed by atoms with E-state index in [0.717, 1.165) is 65.2 Å². The van der Waals surface area contributed by atoms with Gasteiger partial charge >= 0.3 is 0 Å². The molecular weight excluding hydrogens is 723 g/mol. The van der Waals surface area contributed by atoms with Crippen LogP contribution in [0.2, 0.25) is 0 Å². The molecule has 44 heavy (non-hydrogen) atoms. The van der Waals surface area contributed by atoms with Crippen molar-refractivity contribution < 1.29 is 30.0 Å².